The third kappa shape index (κ3) is 2.24. The zero-order valence-electron chi connectivity index (χ0n) is 7.77. The summed E-state index contributed by atoms with van der Waals surface area (Å²) in [6.45, 7) is 0. The van der Waals surface area contributed by atoms with Crippen LogP contribution in [0.3, 0.4) is 0 Å². The van der Waals surface area contributed by atoms with Crippen molar-refractivity contribution >= 4 is 27.2 Å². The number of rotatable bonds is 2. The van der Waals surface area contributed by atoms with Crippen LogP contribution in [-0.4, -0.2) is 4.98 Å². The number of aromatic nitrogens is 1. The molecule has 0 saturated heterocycles. The Bertz CT molecular complexity index is 495. The lowest BCUT2D eigenvalue weighted by molar-refractivity contribution is 1.39. The number of hydrogen-bond donors (Lipinski definition) is 2. The van der Waals surface area contributed by atoms with Crippen LogP contribution >= 0.6 is 11.3 Å². The Labute approximate surface area is 91.0 Å². The van der Waals surface area contributed by atoms with Crippen molar-refractivity contribution < 1.29 is 0 Å². The van der Waals surface area contributed by atoms with Crippen LogP contribution < -0.4 is 11.1 Å². The van der Waals surface area contributed by atoms with E-state index in [-0.39, 0.29) is 0 Å². The number of hydrogen-bond acceptors (Lipinski definition) is 5. The quantitative estimate of drug-likeness (QED) is 0.808. The van der Waals surface area contributed by atoms with Crippen LogP contribution in [0.1, 0.15) is 5.56 Å². The van der Waals surface area contributed by atoms with E-state index in [1.807, 2.05) is 12.1 Å². The molecule has 0 aliphatic heterocycles. The van der Waals surface area contributed by atoms with Gasteiger partial charge in [-0.25, -0.2) is 4.98 Å². The zero-order valence-corrected chi connectivity index (χ0v) is 8.58. The van der Waals surface area contributed by atoms with Crippen LogP contribution in [0.4, 0.5) is 15.8 Å². The van der Waals surface area contributed by atoms with Gasteiger partial charge in [0.25, 0.3) is 0 Å². The lowest BCUT2D eigenvalue weighted by Gasteiger charge is -2.01. The summed E-state index contributed by atoms with van der Waals surface area (Å²) in [6, 6.07) is 9.22. The standard InChI is InChI=1S/C10H8N4S/c11-5-7-1-3-8(4-2-7)14-10-13-6-9(12)15-10/h1-4,6H,12H2,(H,13,14). The maximum Gasteiger partial charge on any atom is 0.189 e. The summed E-state index contributed by atoms with van der Waals surface area (Å²) in [5.41, 5.74) is 7.08. The van der Waals surface area contributed by atoms with Crippen molar-refractivity contribution in [2.24, 2.45) is 0 Å². The van der Waals surface area contributed by atoms with Crippen LogP contribution in [0.25, 0.3) is 0 Å². The van der Waals surface area contributed by atoms with Crippen LogP contribution in [0.5, 0.6) is 0 Å². The molecule has 2 rings (SSSR count). The van der Waals surface area contributed by atoms with Crippen LogP contribution in [-0.2, 0) is 0 Å². The molecule has 1 heterocycles. The van der Waals surface area contributed by atoms with E-state index < -0.39 is 0 Å². The van der Waals surface area contributed by atoms with Gasteiger partial charge in [-0.1, -0.05) is 11.3 Å². The van der Waals surface area contributed by atoms with Crippen LogP contribution in [0, 0.1) is 11.3 Å². The van der Waals surface area contributed by atoms with Gasteiger partial charge >= 0.3 is 0 Å². The number of nitrogens with zero attached hydrogens (tertiary/aromatic N) is 2. The number of nitriles is 1. The number of nitrogen functional groups attached to an aromatic ring is 1. The van der Waals surface area contributed by atoms with E-state index in [9.17, 15) is 0 Å². The van der Waals surface area contributed by atoms with Gasteiger partial charge < -0.3 is 11.1 Å². The van der Waals surface area contributed by atoms with Gasteiger partial charge in [0.1, 0.15) is 5.00 Å². The van der Waals surface area contributed by atoms with Crippen molar-refractivity contribution in [3.05, 3.63) is 36.0 Å². The van der Waals surface area contributed by atoms with Crippen molar-refractivity contribution in [1.82, 2.24) is 4.98 Å². The summed E-state index contributed by atoms with van der Waals surface area (Å²) in [6.07, 6.45) is 1.61. The molecule has 2 aromatic rings. The molecule has 1 aromatic carbocycles. The first kappa shape index (κ1) is 9.49. The van der Waals surface area contributed by atoms with Crippen molar-refractivity contribution in [3.8, 4) is 6.07 Å². The predicted octanol–water partition coefficient (Wildman–Crippen LogP) is 2.34. The Balaban J connectivity index is 2.15. The lowest BCUT2D eigenvalue weighted by Crippen LogP contribution is -1.88. The minimum Gasteiger partial charge on any atom is -0.389 e. The first-order valence-electron chi connectivity index (χ1n) is 4.26. The average molecular weight is 216 g/mol. The minimum absolute atomic E-state index is 0.638. The predicted molar refractivity (Wildman–Crippen MR) is 61.0 cm³/mol. The Morgan fingerprint density at radius 2 is 2.07 bits per heavy atom. The summed E-state index contributed by atoms with van der Waals surface area (Å²) < 4.78 is 0. The minimum atomic E-state index is 0.638. The van der Waals surface area contributed by atoms with Gasteiger partial charge in [0, 0.05) is 5.69 Å². The fourth-order valence-electron chi connectivity index (χ4n) is 1.10. The summed E-state index contributed by atoms with van der Waals surface area (Å²) in [5, 5.41) is 13.1. The monoisotopic (exact) mass is 216 g/mol. The molecule has 5 heteroatoms. The maximum atomic E-state index is 8.62. The molecule has 0 radical (unpaired) electrons. The van der Waals surface area contributed by atoms with E-state index in [0.29, 0.717) is 10.6 Å². The van der Waals surface area contributed by atoms with E-state index in [4.69, 9.17) is 11.0 Å². The second kappa shape index (κ2) is 3.98. The molecule has 0 saturated carbocycles. The Kier molecular flexibility index (Phi) is 2.52. The maximum absolute atomic E-state index is 8.62. The van der Waals surface area contributed by atoms with E-state index in [1.54, 1.807) is 18.3 Å². The van der Waals surface area contributed by atoms with Gasteiger partial charge in [0.15, 0.2) is 5.13 Å². The van der Waals surface area contributed by atoms with E-state index in [2.05, 4.69) is 16.4 Å². The third-order valence-corrected chi connectivity index (χ3v) is 2.53. The van der Waals surface area contributed by atoms with Gasteiger partial charge in [-0.3, -0.25) is 0 Å². The number of benzene rings is 1. The summed E-state index contributed by atoms with van der Waals surface area (Å²) in [5.74, 6) is 0. The molecule has 0 atom stereocenters. The highest BCUT2D eigenvalue weighted by Crippen LogP contribution is 2.23. The van der Waals surface area contributed by atoms with Crippen LogP contribution in [0.15, 0.2) is 30.5 Å². The average Bonchev–Trinajstić information content (AvgIpc) is 2.65. The highest BCUT2D eigenvalue weighted by Gasteiger charge is 1.99. The van der Waals surface area contributed by atoms with Gasteiger partial charge in [0.05, 0.1) is 17.8 Å². The third-order valence-electron chi connectivity index (χ3n) is 1.79. The molecule has 1 aromatic heterocycles. The summed E-state index contributed by atoms with van der Waals surface area (Å²) in [4.78, 5) is 4.07. The largest absolute Gasteiger partial charge is 0.389 e. The van der Waals surface area contributed by atoms with E-state index in [0.717, 1.165) is 10.8 Å². The molecule has 0 unspecified atom stereocenters. The second-order valence-electron chi connectivity index (χ2n) is 2.88. The fraction of sp³-hybridized carbons (Fsp3) is 0. The summed E-state index contributed by atoms with van der Waals surface area (Å²) >= 11 is 1.38. The van der Waals surface area contributed by atoms with Crippen molar-refractivity contribution in [3.63, 3.8) is 0 Å². The Morgan fingerprint density at radius 1 is 1.33 bits per heavy atom. The molecular weight excluding hydrogens is 208 g/mol. The molecule has 0 fully saturated rings. The number of anilines is 3. The first-order valence-corrected chi connectivity index (χ1v) is 5.08. The van der Waals surface area contributed by atoms with Crippen molar-refractivity contribution in [1.29, 1.82) is 5.26 Å². The first-order chi connectivity index (χ1) is 7.28. The van der Waals surface area contributed by atoms with Crippen molar-refractivity contribution in [2.75, 3.05) is 11.1 Å². The molecule has 15 heavy (non-hydrogen) atoms. The normalized spacial score (nSPS) is 9.53. The molecular formula is C10H8N4S. The van der Waals surface area contributed by atoms with Gasteiger partial charge in [-0.2, -0.15) is 5.26 Å². The zero-order chi connectivity index (χ0) is 10.7. The summed E-state index contributed by atoms with van der Waals surface area (Å²) in [7, 11) is 0. The molecule has 74 valence electrons. The van der Waals surface area contributed by atoms with Gasteiger partial charge in [0.2, 0.25) is 0 Å². The molecule has 0 aliphatic carbocycles. The molecule has 0 bridgehead atoms. The molecule has 0 spiro atoms. The smallest absolute Gasteiger partial charge is 0.189 e. The second-order valence-corrected chi connectivity index (χ2v) is 3.94. The molecule has 0 amide bonds. The highest BCUT2D eigenvalue weighted by molar-refractivity contribution is 7.19. The SMILES string of the molecule is N#Cc1ccc(Nc2ncc(N)s2)cc1. The van der Waals surface area contributed by atoms with Gasteiger partial charge in [-0.15, -0.1) is 0 Å². The number of thiazole rings is 1. The van der Waals surface area contributed by atoms with E-state index in [1.165, 1.54) is 11.3 Å². The van der Waals surface area contributed by atoms with Crippen LogP contribution in [0.2, 0.25) is 0 Å². The van der Waals surface area contributed by atoms with E-state index >= 15 is 0 Å². The molecule has 3 N–H and O–H groups in total. The fourth-order valence-corrected chi connectivity index (χ4v) is 1.70. The highest BCUT2D eigenvalue weighted by atomic mass is 32.1. The number of nitrogens with two attached hydrogens (primary N) is 1. The van der Waals surface area contributed by atoms with Gasteiger partial charge in [-0.05, 0) is 24.3 Å². The Hall–Kier alpha value is -2.06. The number of nitrogens with one attached hydrogen (secondary N) is 1. The molecule has 4 nitrogen and oxygen atoms in total. The lowest BCUT2D eigenvalue weighted by atomic mass is 10.2. The Morgan fingerprint density at radius 3 is 2.60 bits per heavy atom. The van der Waals surface area contributed by atoms with Crippen molar-refractivity contribution in [2.45, 2.75) is 0 Å². The molecule has 0 aliphatic rings. The topological polar surface area (TPSA) is 74.7 Å².